The van der Waals surface area contributed by atoms with Gasteiger partial charge >= 0.3 is 5.97 Å². The minimum Gasteiger partial charge on any atom is -0.478 e. The van der Waals surface area contributed by atoms with E-state index in [2.05, 4.69) is 22.9 Å². The van der Waals surface area contributed by atoms with E-state index in [-0.39, 0.29) is 0 Å². The second-order valence-corrected chi connectivity index (χ2v) is 5.18. The van der Waals surface area contributed by atoms with Crippen molar-refractivity contribution >= 4 is 5.97 Å². The van der Waals surface area contributed by atoms with Gasteiger partial charge in [0, 0.05) is 14.1 Å². The first-order chi connectivity index (χ1) is 10.6. The summed E-state index contributed by atoms with van der Waals surface area (Å²) in [6, 6.07) is 9.75. The molecular formula is C17H27N3O2. The molecule has 122 valence electrons. The Bertz CT molecular complexity index is 508. The van der Waals surface area contributed by atoms with Gasteiger partial charge in [0.25, 0.3) is 0 Å². The molecule has 1 aromatic rings. The molecule has 0 radical (unpaired) electrons. The van der Waals surface area contributed by atoms with Crippen LogP contribution in [-0.2, 0) is 10.3 Å². The van der Waals surface area contributed by atoms with E-state index in [1.807, 2.05) is 37.4 Å². The first-order valence-electron chi connectivity index (χ1n) is 7.65. The van der Waals surface area contributed by atoms with Gasteiger partial charge in [-0.1, -0.05) is 50.1 Å². The first kappa shape index (κ1) is 18.0. The van der Waals surface area contributed by atoms with Crippen molar-refractivity contribution in [1.29, 1.82) is 0 Å². The monoisotopic (exact) mass is 305 g/mol. The highest BCUT2D eigenvalue weighted by molar-refractivity contribution is 5.90. The second kappa shape index (κ2) is 8.44. The van der Waals surface area contributed by atoms with E-state index in [0.717, 1.165) is 18.4 Å². The van der Waals surface area contributed by atoms with Gasteiger partial charge < -0.3 is 21.1 Å². The molecule has 1 unspecified atom stereocenters. The number of carbonyl (C=O) groups is 1. The van der Waals surface area contributed by atoms with Crippen LogP contribution < -0.4 is 16.0 Å². The number of hydrogen-bond acceptors (Lipinski definition) is 4. The maximum Gasteiger partial charge on any atom is 0.337 e. The Balaban J connectivity index is 3.59. The van der Waals surface area contributed by atoms with Crippen LogP contribution in [-0.4, -0.2) is 32.2 Å². The summed E-state index contributed by atoms with van der Waals surface area (Å²) < 4.78 is 0. The van der Waals surface area contributed by atoms with Crippen molar-refractivity contribution in [2.24, 2.45) is 0 Å². The standard InChI is InChI=1S/C17H27N3O2/c1-5-6-12-17(20-4,13-10-8-7-9-11-13)14(16(21)22)15(18-2)19-3/h7-11,18-20H,5-6,12H2,1-4H3,(H,21,22). The lowest BCUT2D eigenvalue weighted by Gasteiger charge is -2.36. The number of likely N-dealkylation sites (N-methyl/N-ethyl adjacent to an activating group) is 1. The number of nitrogens with one attached hydrogen (secondary N) is 3. The Morgan fingerprint density at radius 1 is 1.14 bits per heavy atom. The molecular weight excluding hydrogens is 278 g/mol. The largest absolute Gasteiger partial charge is 0.478 e. The van der Waals surface area contributed by atoms with Gasteiger partial charge in [-0.25, -0.2) is 4.79 Å². The van der Waals surface area contributed by atoms with Crippen molar-refractivity contribution < 1.29 is 9.90 Å². The highest BCUT2D eigenvalue weighted by atomic mass is 16.4. The smallest absolute Gasteiger partial charge is 0.337 e. The molecule has 1 atom stereocenters. The van der Waals surface area contributed by atoms with Crippen molar-refractivity contribution in [3.05, 3.63) is 47.3 Å². The molecule has 4 N–H and O–H groups in total. The number of unbranched alkanes of at least 4 members (excludes halogenated alkanes) is 1. The van der Waals surface area contributed by atoms with Gasteiger partial charge in [0.2, 0.25) is 0 Å². The van der Waals surface area contributed by atoms with Crippen molar-refractivity contribution in [3.63, 3.8) is 0 Å². The van der Waals surface area contributed by atoms with Gasteiger partial charge in [-0.3, -0.25) is 0 Å². The topological polar surface area (TPSA) is 73.4 Å². The fourth-order valence-corrected chi connectivity index (χ4v) is 2.85. The highest BCUT2D eigenvalue weighted by Crippen LogP contribution is 2.35. The maximum absolute atomic E-state index is 12.0. The molecule has 5 heteroatoms. The van der Waals surface area contributed by atoms with Crippen molar-refractivity contribution in [2.45, 2.75) is 31.7 Å². The molecule has 1 aromatic carbocycles. The number of hydrogen-bond donors (Lipinski definition) is 4. The molecule has 5 nitrogen and oxygen atoms in total. The third-order valence-electron chi connectivity index (χ3n) is 3.99. The zero-order valence-electron chi connectivity index (χ0n) is 13.9. The van der Waals surface area contributed by atoms with Gasteiger partial charge in [0.1, 0.15) is 11.4 Å². The van der Waals surface area contributed by atoms with Gasteiger partial charge in [0.15, 0.2) is 0 Å². The second-order valence-electron chi connectivity index (χ2n) is 5.18. The van der Waals surface area contributed by atoms with Crippen molar-refractivity contribution in [2.75, 3.05) is 21.1 Å². The molecule has 0 aromatic heterocycles. The lowest BCUT2D eigenvalue weighted by atomic mass is 9.78. The normalized spacial score (nSPS) is 13.1. The third-order valence-corrected chi connectivity index (χ3v) is 3.99. The molecule has 0 saturated carbocycles. The van der Waals surface area contributed by atoms with Crippen molar-refractivity contribution in [1.82, 2.24) is 16.0 Å². The number of aliphatic carboxylic acids is 1. The number of carboxylic acid groups (broad SMARTS) is 1. The minimum absolute atomic E-state index is 0.305. The average Bonchev–Trinajstić information content (AvgIpc) is 2.55. The molecule has 0 amide bonds. The summed E-state index contributed by atoms with van der Waals surface area (Å²) in [5.74, 6) is -0.421. The first-order valence-corrected chi connectivity index (χ1v) is 7.65. The van der Waals surface area contributed by atoms with Gasteiger partial charge in [-0.05, 0) is 19.0 Å². The van der Waals surface area contributed by atoms with Crippen LogP contribution >= 0.6 is 0 Å². The molecule has 1 rings (SSSR count). The Labute approximate surface area is 132 Å². The van der Waals surface area contributed by atoms with Crippen LogP contribution in [0.3, 0.4) is 0 Å². The summed E-state index contributed by atoms with van der Waals surface area (Å²) in [5.41, 5.74) is 0.510. The summed E-state index contributed by atoms with van der Waals surface area (Å²) in [7, 11) is 5.26. The van der Waals surface area contributed by atoms with E-state index in [0.29, 0.717) is 17.8 Å². The maximum atomic E-state index is 12.0. The minimum atomic E-state index is -0.937. The lowest BCUT2D eigenvalue weighted by Crippen LogP contribution is -2.47. The Hall–Kier alpha value is -2.01. The van der Waals surface area contributed by atoms with Gasteiger partial charge in [-0.2, -0.15) is 0 Å². The molecule has 0 aliphatic rings. The average molecular weight is 305 g/mol. The van der Waals surface area contributed by atoms with Crippen LogP contribution in [0.4, 0.5) is 0 Å². The summed E-state index contributed by atoms with van der Waals surface area (Å²) >= 11 is 0. The summed E-state index contributed by atoms with van der Waals surface area (Å²) in [6.07, 6.45) is 2.63. The number of carboxylic acids is 1. The van der Waals surface area contributed by atoms with Crippen LogP contribution in [0.5, 0.6) is 0 Å². The SMILES string of the molecule is CCCCC(NC)(C(C(=O)O)=C(NC)NC)c1ccccc1. The van der Waals surface area contributed by atoms with Crippen LogP contribution in [0.25, 0.3) is 0 Å². The quantitative estimate of drug-likeness (QED) is 0.525. The van der Waals surface area contributed by atoms with E-state index in [9.17, 15) is 9.90 Å². The predicted octanol–water partition coefficient (Wildman–Crippen LogP) is 2.03. The Kier molecular flexibility index (Phi) is 6.92. The molecule has 0 aliphatic heterocycles. The molecule has 0 saturated heterocycles. The van der Waals surface area contributed by atoms with E-state index in [4.69, 9.17) is 0 Å². The summed E-state index contributed by atoms with van der Waals surface area (Å²) in [6.45, 7) is 2.10. The summed E-state index contributed by atoms with van der Waals surface area (Å²) in [4.78, 5) is 12.0. The molecule has 0 spiro atoms. The number of rotatable bonds is 9. The molecule has 0 fully saturated rings. The van der Waals surface area contributed by atoms with Crippen LogP contribution in [0.2, 0.25) is 0 Å². The van der Waals surface area contributed by atoms with E-state index in [1.165, 1.54) is 0 Å². The molecule has 0 bridgehead atoms. The van der Waals surface area contributed by atoms with Crippen LogP contribution in [0, 0.1) is 0 Å². The molecule has 0 aliphatic carbocycles. The Morgan fingerprint density at radius 2 is 1.73 bits per heavy atom. The summed E-state index contributed by atoms with van der Waals surface area (Å²) in [5, 5.41) is 19.1. The van der Waals surface area contributed by atoms with Crippen molar-refractivity contribution in [3.8, 4) is 0 Å². The lowest BCUT2D eigenvalue weighted by molar-refractivity contribution is -0.133. The van der Waals surface area contributed by atoms with Gasteiger partial charge in [-0.15, -0.1) is 0 Å². The van der Waals surface area contributed by atoms with Crippen LogP contribution in [0.15, 0.2) is 41.7 Å². The van der Waals surface area contributed by atoms with E-state index < -0.39 is 11.5 Å². The molecule has 0 heterocycles. The van der Waals surface area contributed by atoms with E-state index >= 15 is 0 Å². The highest BCUT2D eigenvalue weighted by Gasteiger charge is 2.40. The fourth-order valence-electron chi connectivity index (χ4n) is 2.85. The number of benzene rings is 1. The fraction of sp³-hybridized carbons (Fsp3) is 0.471. The predicted molar refractivity (Wildman–Crippen MR) is 89.5 cm³/mol. The zero-order chi connectivity index (χ0) is 16.6. The van der Waals surface area contributed by atoms with Gasteiger partial charge in [0.05, 0.1) is 5.54 Å². The third kappa shape index (κ3) is 3.60. The van der Waals surface area contributed by atoms with E-state index in [1.54, 1.807) is 14.1 Å². The zero-order valence-corrected chi connectivity index (χ0v) is 13.9. The van der Waals surface area contributed by atoms with Crippen LogP contribution in [0.1, 0.15) is 31.7 Å². The molecule has 22 heavy (non-hydrogen) atoms. The Morgan fingerprint density at radius 3 is 2.14 bits per heavy atom.